The number of hydrogen-bond acceptors (Lipinski definition) is 5. The van der Waals surface area contributed by atoms with E-state index in [1.165, 1.54) is 10.7 Å². The number of carbonyl (C=O) groups excluding carboxylic acids is 1. The maximum absolute atomic E-state index is 12.1. The molecule has 1 amide bonds. The Morgan fingerprint density at radius 2 is 2.42 bits per heavy atom. The maximum Gasteiger partial charge on any atom is 0.271 e. The van der Waals surface area contributed by atoms with Crippen molar-refractivity contribution in [1.29, 1.82) is 0 Å². The zero-order valence-corrected chi connectivity index (χ0v) is 10.8. The van der Waals surface area contributed by atoms with Gasteiger partial charge in [-0.3, -0.25) is 4.79 Å². The molecule has 0 spiro atoms. The molecule has 3 rings (SSSR count). The summed E-state index contributed by atoms with van der Waals surface area (Å²) in [5, 5.41) is 10.1. The summed E-state index contributed by atoms with van der Waals surface area (Å²) < 4.78 is 6.69. The van der Waals surface area contributed by atoms with Crippen LogP contribution in [0.2, 0.25) is 0 Å². The molecule has 1 unspecified atom stereocenters. The van der Waals surface area contributed by atoms with Gasteiger partial charge >= 0.3 is 0 Å². The van der Waals surface area contributed by atoms with Crippen LogP contribution >= 0.6 is 0 Å². The highest BCUT2D eigenvalue weighted by Crippen LogP contribution is 2.24. The molecular formula is C12H15N5O2. The van der Waals surface area contributed by atoms with Crippen LogP contribution in [0, 0.1) is 0 Å². The van der Waals surface area contributed by atoms with Gasteiger partial charge in [-0.15, -0.1) is 0 Å². The number of amides is 1. The molecule has 1 aliphatic rings. The Morgan fingerprint density at radius 3 is 3.11 bits per heavy atom. The van der Waals surface area contributed by atoms with Gasteiger partial charge in [0.1, 0.15) is 0 Å². The second kappa shape index (κ2) is 4.51. The number of nitrogens with one attached hydrogen (secondary N) is 2. The third-order valence-corrected chi connectivity index (χ3v) is 3.26. The fourth-order valence-electron chi connectivity index (χ4n) is 2.07. The van der Waals surface area contributed by atoms with Crippen LogP contribution in [-0.2, 0) is 4.74 Å². The first kappa shape index (κ1) is 11.9. The summed E-state index contributed by atoms with van der Waals surface area (Å²) in [6.07, 6.45) is 4.15. The van der Waals surface area contributed by atoms with Crippen molar-refractivity contribution in [2.45, 2.75) is 18.6 Å². The van der Waals surface area contributed by atoms with Gasteiger partial charge in [-0.1, -0.05) is 0 Å². The summed E-state index contributed by atoms with van der Waals surface area (Å²) in [6, 6.07) is 1.90. The Balaban J connectivity index is 1.87. The highest BCUT2D eigenvalue weighted by atomic mass is 16.5. The highest BCUT2D eigenvalue weighted by molar-refractivity contribution is 5.94. The molecule has 1 aliphatic carbocycles. The number of methoxy groups -OCH3 is 1. The summed E-state index contributed by atoms with van der Waals surface area (Å²) >= 11 is 0. The second-order valence-corrected chi connectivity index (χ2v) is 4.46. The lowest BCUT2D eigenvalue weighted by Gasteiger charge is -2.05. The lowest BCUT2D eigenvalue weighted by molar-refractivity contribution is 0.0928. The number of rotatable bonds is 4. The van der Waals surface area contributed by atoms with E-state index in [0.717, 1.165) is 12.1 Å². The highest BCUT2D eigenvalue weighted by Gasteiger charge is 2.39. The van der Waals surface area contributed by atoms with Crippen LogP contribution in [0.5, 0.6) is 0 Å². The fourth-order valence-corrected chi connectivity index (χ4v) is 2.07. The Morgan fingerprint density at radius 1 is 1.58 bits per heavy atom. The van der Waals surface area contributed by atoms with Gasteiger partial charge in [0, 0.05) is 14.2 Å². The number of hydrogen-bond donors (Lipinski definition) is 2. The Kier molecular flexibility index (Phi) is 2.83. The number of anilines is 1. The molecule has 2 aromatic heterocycles. The van der Waals surface area contributed by atoms with E-state index >= 15 is 0 Å². The quantitative estimate of drug-likeness (QED) is 0.826. The molecule has 2 aromatic rings. The average Bonchev–Trinajstić information content (AvgIpc) is 3.03. The van der Waals surface area contributed by atoms with Crippen LogP contribution in [0.1, 0.15) is 16.9 Å². The molecule has 0 aromatic carbocycles. The Bertz CT molecular complexity index is 624. The number of aromatic nitrogens is 3. The normalized spacial score (nSPS) is 21.4. The van der Waals surface area contributed by atoms with Crippen LogP contribution in [0.3, 0.4) is 0 Å². The van der Waals surface area contributed by atoms with E-state index in [1.54, 1.807) is 20.4 Å². The third kappa shape index (κ3) is 2.01. The summed E-state index contributed by atoms with van der Waals surface area (Å²) in [7, 11) is 3.45. The molecule has 0 aliphatic heterocycles. The van der Waals surface area contributed by atoms with E-state index in [9.17, 15) is 4.79 Å². The van der Waals surface area contributed by atoms with Gasteiger partial charge in [-0.25, -0.2) is 9.50 Å². The standard InChI is InChI=1S/C12H15N5O2/c1-13-7-3-4-15-17-9(6-14-11(7)17)12(18)16-8-5-10(8)19-2/h3-4,6,8,10,13H,5H2,1-2H3,(H,16,18)/t8-,10?/m1/s1. The van der Waals surface area contributed by atoms with Gasteiger partial charge in [-0.2, -0.15) is 5.10 Å². The molecular weight excluding hydrogens is 246 g/mol. The summed E-state index contributed by atoms with van der Waals surface area (Å²) in [5.74, 6) is -0.183. The molecule has 0 bridgehead atoms. The minimum atomic E-state index is -0.183. The van der Waals surface area contributed by atoms with Gasteiger partial charge < -0.3 is 15.4 Å². The second-order valence-electron chi connectivity index (χ2n) is 4.46. The van der Waals surface area contributed by atoms with Crippen LogP contribution in [0.15, 0.2) is 18.5 Å². The van der Waals surface area contributed by atoms with Crippen LogP contribution in [-0.4, -0.2) is 46.8 Å². The summed E-state index contributed by atoms with van der Waals surface area (Å²) in [6.45, 7) is 0. The minimum absolute atomic E-state index is 0.0931. The first-order chi connectivity index (χ1) is 9.24. The van der Waals surface area contributed by atoms with Gasteiger partial charge in [0.25, 0.3) is 5.91 Å². The number of nitrogens with zero attached hydrogens (tertiary/aromatic N) is 3. The molecule has 0 saturated heterocycles. The van der Waals surface area contributed by atoms with Gasteiger partial charge in [0.05, 0.1) is 30.2 Å². The van der Waals surface area contributed by atoms with Crippen LogP contribution in [0.4, 0.5) is 5.69 Å². The van der Waals surface area contributed by atoms with Crippen molar-refractivity contribution in [3.8, 4) is 0 Å². The molecule has 7 nitrogen and oxygen atoms in total. The van der Waals surface area contributed by atoms with Gasteiger partial charge in [0.15, 0.2) is 11.3 Å². The fraction of sp³-hybridized carbons (Fsp3) is 0.417. The van der Waals surface area contributed by atoms with Crippen LogP contribution < -0.4 is 10.6 Å². The predicted molar refractivity (Wildman–Crippen MR) is 69.2 cm³/mol. The lowest BCUT2D eigenvalue weighted by Crippen LogP contribution is -2.29. The molecule has 0 radical (unpaired) electrons. The van der Waals surface area contributed by atoms with E-state index in [0.29, 0.717) is 11.3 Å². The first-order valence-electron chi connectivity index (χ1n) is 6.08. The van der Waals surface area contributed by atoms with E-state index in [2.05, 4.69) is 20.7 Å². The van der Waals surface area contributed by atoms with Gasteiger partial charge in [0.2, 0.25) is 0 Å². The van der Waals surface area contributed by atoms with E-state index in [-0.39, 0.29) is 18.1 Å². The monoisotopic (exact) mass is 261 g/mol. The third-order valence-electron chi connectivity index (χ3n) is 3.26. The molecule has 7 heteroatoms. The van der Waals surface area contributed by atoms with E-state index in [4.69, 9.17) is 4.74 Å². The number of imidazole rings is 1. The lowest BCUT2D eigenvalue weighted by atomic mass is 10.4. The molecule has 1 saturated carbocycles. The van der Waals surface area contributed by atoms with Crippen molar-refractivity contribution in [1.82, 2.24) is 19.9 Å². The predicted octanol–water partition coefficient (Wildman–Crippen LogP) is 0.288. The van der Waals surface area contributed by atoms with Crippen molar-refractivity contribution in [3.05, 3.63) is 24.2 Å². The molecule has 2 atom stereocenters. The van der Waals surface area contributed by atoms with Gasteiger partial charge in [-0.05, 0) is 12.5 Å². The number of carbonyl (C=O) groups is 1. The van der Waals surface area contributed by atoms with Crippen molar-refractivity contribution in [2.75, 3.05) is 19.5 Å². The number of ether oxygens (including phenoxy) is 1. The van der Waals surface area contributed by atoms with Crippen LogP contribution in [0.25, 0.3) is 5.65 Å². The molecule has 100 valence electrons. The minimum Gasteiger partial charge on any atom is -0.385 e. The summed E-state index contributed by atoms with van der Waals surface area (Å²) in [4.78, 5) is 16.4. The smallest absolute Gasteiger partial charge is 0.271 e. The maximum atomic E-state index is 12.1. The molecule has 2 heterocycles. The zero-order valence-electron chi connectivity index (χ0n) is 10.8. The summed E-state index contributed by atoms with van der Waals surface area (Å²) in [5.41, 5.74) is 1.89. The zero-order chi connectivity index (χ0) is 13.4. The first-order valence-corrected chi connectivity index (χ1v) is 6.08. The Hall–Kier alpha value is -2.15. The Labute approximate surface area is 110 Å². The van der Waals surface area contributed by atoms with E-state index in [1.807, 2.05) is 6.07 Å². The largest absolute Gasteiger partial charge is 0.385 e. The van der Waals surface area contributed by atoms with E-state index < -0.39 is 0 Å². The van der Waals surface area contributed by atoms with Crippen molar-refractivity contribution in [3.63, 3.8) is 0 Å². The van der Waals surface area contributed by atoms with Crippen molar-refractivity contribution >= 4 is 17.2 Å². The molecule has 2 N–H and O–H groups in total. The number of fused-ring (bicyclic) bond motifs is 1. The van der Waals surface area contributed by atoms with Crippen molar-refractivity contribution in [2.24, 2.45) is 0 Å². The molecule has 19 heavy (non-hydrogen) atoms. The SMILES string of the molecule is CNc1ccnn2c(C(=O)N[C@@H]3CC3OC)cnc12. The molecule has 1 fully saturated rings. The van der Waals surface area contributed by atoms with Crippen molar-refractivity contribution < 1.29 is 9.53 Å². The average molecular weight is 261 g/mol. The topological polar surface area (TPSA) is 80.6 Å².